The van der Waals surface area contributed by atoms with E-state index in [0.717, 1.165) is 27.6 Å². The van der Waals surface area contributed by atoms with E-state index in [0.29, 0.717) is 5.56 Å². The number of nitrogens with zero attached hydrogens (tertiary/aromatic N) is 2. The first-order valence-electron chi connectivity index (χ1n) is 5.34. The zero-order chi connectivity index (χ0) is 13.5. The van der Waals surface area contributed by atoms with Crippen LogP contribution >= 0.6 is 11.3 Å². The number of para-hydroxylation sites is 1. The highest BCUT2D eigenvalue weighted by Crippen LogP contribution is 2.33. The molecule has 1 radical (unpaired) electrons. The fourth-order valence-electron chi connectivity index (χ4n) is 1.66. The number of pyridine rings is 1. The van der Waals surface area contributed by atoms with Crippen molar-refractivity contribution in [3.63, 3.8) is 0 Å². The number of thiazole rings is 1. The quantitative estimate of drug-likeness (QED) is 0.668. The third-order valence-electron chi connectivity index (χ3n) is 2.56. The van der Waals surface area contributed by atoms with Crippen LogP contribution in [0.2, 0.25) is 0 Å². The molecule has 2 heterocycles. The largest absolute Gasteiger partial charge is 0.434 e. The molecule has 95 valence electrons. The zero-order valence-electron chi connectivity index (χ0n) is 9.40. The molecular weight excluding hydrogens is 273 g/mol. The SMILES string of the molecule is FC(F)(F)c1csc(-c2[c]nc3ccccc3c2)n1. The van der Waals surface area contributed by atoms with Gasteiger partial charge in [0.2, 0.25) is 0 Å². The lowest BCUT2D eigenvalue weighted by Gasteiger charge is -2.01. The molecule has 0 amide bonds. The maximum Gasteiger partial charge on any atom is 0.434 e. The van der Waals surface area contributed by atoms with Gasteiger partial charge in [-0.05, 0) is 12.1 Å². The highest BCUT2D eigenvalue weighted by molar-refractivity contribution is 7.13. The molecule has 0 aliphatic carbocycles. The predicted octanol–water partition coefficient (Wildman–Crippen LogP) is 4.18. The summed E-state index contributed by atoms with van der Waals surface area (Å²) in [7, 11) is 0. The predicted molar refractivity (Wildman–Crippen MR) is 66.7 cm³/mol. The number of rotatable bonds is 1. The second kappa shape index (κ2) is 4.31. The van der Waals surface area contributed by atoms with E-state index in [-0.39, 0.29) is 5.01 Å². The number of benzene rings is 1. The van der Waals surface area contributed by atoms with Crippen LogP contribution in [-0.2, 0) is 6.18 Å². The van der Waals surface area contributed by atoms with E-state index in [4.69, 9.17) is 0 Å². The molecule has 0 N–H and O–H groups in total. The van der Waals surface area contributed by atoms with Crippen molar-refractivity contribution in [2.45, 2.75) is 6.18 Å². The summed E-state index contributed by atoms with van der Waals surface area (Å²) in [4.78, 5) is 7.67. The van der Waals surface area contributed by atoms with Crippen molar-refractivity contribution >= 4 is 22.2 Å². The fourth-order valence-corrected chi connectivity index (χ4v) is 2.45. The van der Waals surface area contributed by atoms with E-state index in [9.17, 15) is 13.2 Å². The van der Waals surface area contributed by atoms with Crippen LogP contribution in [0.1, 0.15) is 5.69 Å². The smallest absolute Gasteiger partial charge is 0.245 e. The van der Waals surface area contributed by atoms with Gasteiger partial charge in [0.1, 0.15) is 11.2 Å². The van der Waals surface area contributed by atoms with E-state index >= 15 is 0 Å². The van der Waals surface area contributed by atoms with Gasteiger partial charge in [0, 0.05) is 16.3 Å². The fraction of sp³-hybridized carbons (Fsp3) is 0.0769. The summed E-state index contributed by atoms with van der Waals surface area (Å²) < 4.78 is 37.5. The first kappa shape index (κ1) is 12.1. The molecule has 0 unspecified atom stereocenters. The van der Waals surface area contributed by atoms with Crippen molar-refractivity contribution in [2.24, 2.45) is 0 Å². The van der Waals surface area contributed by atoms with Crippen LogP contribution in [0.5, 0.6) is 0 Å². The second-order valence-corrected chi connectivity index (χ2v) is 4.73. The van der Waals surface area contributed by atoms with Gasteiger partial charge < -0.3 is 0 Å². The molecule has 0 bridgehead atoms. The summed E-state index contributed by atoms with van der Waals surface area (Å²) >= 11 is 0.936. The number of hydrogen-bond acceptors (Lipinski definition) is 3. The Balaban J connectivity index is 2.07. The van der Waals surface area contributed by atoms with Crippen LogP contribution in [0.15, 0.2) is 35.7 Å². The first-order valence-corrected chi connectivity index (χ1v) is 6.22. The molecule has 0 spiro atoms. The van der Waals surface area contributed by atoms with Gasteiger partial charge in [-0.1, -0.05) is 18.2 Å². The Bertz CT molecular complexity index is 734. The van der Waals surface area contributed by atoms with Gasteiger partial charge in [0.25, 0.3) is 0 Å². The molecular formula is C13H6F3N2S. The van der Waals surface area contributed by atoms with E-state index in [1.807, 2.05) is 24.3 Å². The van der Waals surface area contributed by atoms with Gasteiger partial charge >= 0.3 is 6.18 Å². The van der Waals surface area contributed by atoms with Crippen molar-refractivity contribution < 1.29 is 13.2 Å². The van der Waals surface area contributed by atoms with Gasteiger partial charge in [0.05, 0.1) is 5.52 Å². The second-order valence-electron chi connectivity index (χ2n) is 3.88. The van der Waals surface area contributed by atoms with Crippen molar-refractivity contribution in [3.8, 4) is 10.6 Å². The van der Waals surface area contributed by atoms with E-state index < -0.39 is 11.9 Å². The summed E-state index contributed by atoms with van der Waals surface area (Å²) in [5, 5.41) is 2.11. The maximum absolute atomic E-state index is 12.5. The number of halogens is 3. The van der Waals surface area contributed by atoms with Crippen LogP contribution in [0.25, 0.3) is 21.5 Å². The van der Waals surface area contributed by atoms with Crippen LogP contribution in [0, 0.1) is 6.20 Å². The zero-order valence-corrected chi connectivity index (χ0v) is 10.2. The topological polar surface area (TPSA) is 25.8 Å². The number of alkyl halides is 3. The summed E-state index contributed by atoms with van der Waals surface area (Å²) in [5.41, 5.74) is 0.340. The Morgan fingerprint density at radius 3 is 2.68 bits per heavy atom. The lowest BCUT2D eigenvalue weighted by atomic mass is 10.2. The Labute approximate surface area is 110 Å². The molecule has 3 aromatic rings. The maximum atomic E-state index is 12.5. The van der Waals surface area contributed by atoms with Crippen LogP contribution < -0.4 is 0 Å². The molecule has 0 atom stereocenters. The van der Waals surface area contributed by atoms with E-state index in [1.54, 1.807) is 6.07 Å². The molecule has 0 saturated carbocycles. The molecule has 0 aliphatic rings. The highest BCUT2D eigenvalue weighted by atomic mass is 32.1. The summed E-state index contributed by atoms with van der Waals surface area (Å²) in [6, 6.07) is 9.09. The summed E-state index contributed by atoms with van der Waals surface area (Å²) in [6.45, 7) is 0. The Morgan fingerprint density at radius 1 is 1.16 bits per heavy atom. The average molecular weight is 279 g/mol. The van der Waals surface area contributed by atoms with Crippen LogP contribution in [-0.4, -0.2) is 9.97 Å². The van der Waals surface area contributed by atoms with Crippen LogP contribution in [0.4, 0.5) is 13.2 Å². The minimum Gasteiger partial charge on any atom is -0.245 e. The monoisotopic (exact) mass is 279 g/mol. The van der Waals surface area contributed by atoms with E-state index in [2.05, 4.69) is 16.2 Å². The van der Waals surface area contributed by atoms with Gasteiger partial charge in [-0.25, -0.2) is 9.97 Å². The minimum atomic E-state index is -4.42. The Kier molecular flexibility index (Phi) is 2.74. The number of fused-ring (bicyclic) bond motifs is 1. The van der Waals surface area contributed by atoms with Crippen molar-refractivity contribution in [1.29, 1.82) is 0 Å². The highest BCUT2D eigenvalue weighted by Gasteiger charge is 2.33. The lowest BCUT2D eigenvalue weighted by molar-refractivity contribution is -0.140. The van der Waals surface area contributed by atoms with Crippen molar-refractivity contribution in [3.05, 3.63) is 47.6 Å². The molecule has 2 nitrogen and oxygen atoms in total. The van der Waals surface area contributed by atoms with Gasteiger partial charge in [-0.3, -0.25) is 0 Å². The first-order chi connectivity index (χ1) is 9.04. The normalized spacial score (nSPS) is 11.9. The average Bonchev–Trinajstić information content (AvgIpc) is 2.87. The third-order valence-corrected chi connectivity index (χ3v) is 3.43. The number of aromatic nitrogens is 2. The molecule has 6 heteroatoms. The minimum absolute atomic E-state index is 0.269. The molecule has 0 fully saturated rings. The third kappa shape index (κ3) is 2.31. The molecule has 2 aromatic heterocycles. The molecule has 0 aliphatic heterocycles. The summed E-state index contributed by atoms with van der Waals surface area (Å²) in [6.07, 6.45) is -1.69. The lowest BCUT2D eigenvalue weighted by Crippen LogP contribution is -2.04. The van der Waals surface area contributed by atoms with Crippen molar-refractivity contribution in [1.82, 2.24) is 9.97 Å². The molecule has 0 saturated heterocycles. The number of hydrogen-bond donors (Lipinski definition) is 0. The molecule has 19 heavy (non-hydrogen) atoms. The Hall–Kier alpha value is -1.95. The Morgan fingerprint density at radius 2 is 1.95 bits per heavy atom. The van der Waals surface area contributed by atoms with Crippen LogP contribution in [0.3, 0.4) is 0 Å². The van der Waals surface area contributed by atoms with Gasteiger partial charge in [-0.2, -0.15) is 13.2 Å². The van der Waals surface area contributed by atoms with Gasteiger partial charge in [0.15, 0.2) is 5.69 Å². The van der Waals surface area contributed by atoms with Crippen molar-refractivity contribution in [2.75, 3.05) is 0 Å². The molecule has 1 aromatic carbocycles. The standard InChI is InChI=1S/C13H6F3N2S/c14-13(15,16)11-7-19-12(18-11)9-5-8-3-1-2-4-10(8)17-6-9/h1-5,7H. The molecule has 3 rings (SSSR count). The summed E-state index contributed by atoms with van der Waals surface area (Å²) in [5.74, 6) is 0. The van der Waals surface area contributed by atoms with Gasteiger partial charge in [-0.15, -0.1) is 11.3 Å². The van der Waals surface area contributed by atoms with E-state index in [1.165, 1.54) is 0 Å².